The molecule has 0 atom stereocenters. The van der Waals surface area contributed by atoms with Crippen LogP contribution in [0.3, 0.4) is 0 Å². The fraction of sp³-hybridized carbons (Fsp3) is 0.350. The number of sulfone groups is 1. The van der Waals surface area contributed by atoms with Gasteiger partial charge in [0.1, 0.15) is 12.4 Å². The van der Waals surface area contributed by atoms with Gasteiger partial charge in [0.2, 0.25) is 5.91 Å². The van der Waals surface area contributed by atoms with Crippen LogP contribution in [0.1, 0.15) is 31.2 Å². The molecule has 1 saturated carbocycles. The van der Waals surface area contributed by atoms with Crippen molar-refractivity contribution < 1.29 is 17.9 Å². The number of nitrogens with one attached hydrogen (secondary N) is 1. The molecule has 0 spiro atoms. The van der Waals surface area contributed by atoms with Crippen molar-refractivity contribution in [3.8, 4) is 5.75 Å². The summed E-state index contributed by atoms with van der Waals surface area (Å²) in [7, 11) is -3.48. The van der Waals surface area contributed by atoms with E-state index in [9.17, 15) is 13.2 Å². The quantitative estimate of drug-likeness (QED) is 0.778. The highest BCUT2D eigenvalue weighted by atomic mass is 35.5. The molecule has 0 saturated heterocycles. The Hall–Kier alpha value is -2.05. The number of anilines is 1. The normalized spacial score (nSPS) is 16.1. The predicted octanol–water partition coefficient (Wildman–Crippen LogP) is 4.21. The Balaban J connectivity index is 1.65. The van der Waals surface area contributed by atoms with Gasteiger partial charge in [0.05, 0.1) is 0 Å². The first-order valence-electron chi connectivity index (χ1n) is 8.79. The summed E-state index contributed by atoms with van der Waals surface area (Å²) >= 11 is 6.11. The standard InChI is InChI=1S/C20H22ClNO4S/c1-27(24,25)20(12-4-5-13-20)19(23)22-16-8-10-17(11-9-16)26-14-15-6-2-3-7-18(15)21/h2-3,6-11H,4-5,12-14H2,1H3,(H,22,23). The van der Waals surface area contributed by atoms with E-state index >= 15 is 0 Å². The Morgan fingerprint density at radius 3 is 2.33 bits per heavy atom. The zero-order chi connectivity index (χ0) is 19.5. The van der Waals surface area contributed by atoms with E-state index < -0.39 is 20.5 Å². The Morgan fingerprint density at radius 2 is 1.74 bits per heavy atom. The molecule has 3 rings (SSSR count). The number of ether oxygens (including phenoxy) is 1. The maximum Gasteiger partial charge on any atom is 0.245 e. The smallest absolute Gasteiger partial charge is 0.245 e. The molecule has 0 radical (unpaired) electrons. The summed E-state index contributed by atoms with van der Waals surface area (Å²) in [6.07, 6.45) is 3.38. The van der Waals surface area contributed by atoms with Crippen LogP contribution < -0.4 is 10.1 Å². The first kappa shape index (κ1) is 19.7. The molecule has 0 bridgehead atoms. The van der Waals surface area contributed by atoms with Crippen molar-refractivity contribution in [1.29, 1.82) is 0 Å². The van der Waals surface area contributed by atoms with Crippen LogP contribution in [0.5, 0.6) is 5.75 Å². The number of halogens is 1. The lowest BCUT2D eigenvalue weighted by Gasteiger charge is -2.25. The minimum atomic E-state index is -3.48. The van der Waals surface area contributed by atoms with E-state index in [0.717, 1.165) is 24.7 Å². The molecule has 1 N–H and O–H groups in total. The zero-order valence-electron chi connectivity index (χ0n) is 15.1. The van der Waals surface area contributed by atoms with E-state index in [4.69, 9.17) is 16.3 Å². The van der Waals surface area contributed by atoms with Gasteiger partial charge < -0.3 is 10.1 Å². The minimum Gasteiger partial charge on any atom is -0.489 e. The highest BCUT2D eigenvalue weighted by Gasteiger charge is 2.49. The van der Waals surface area contributed by atoms with Gasteiger partial charge >= 0.3 is 0 Å². The van der Waals surface area contributed by atoms with Crippen molar-refractivity contribution in [2.75, 3.05) is 11.6 Å². The summed E-state index contributed by atoms with van der Waals surface area (Å²) in [4.78, 5) is 12.7. The largest absolute Gasteiger partial charge is 0.489 e. The fourth-order valence-corrected chi connectivity index (χ4v) is 4.98. The SMILES string of the molecule is CS(=O)(=O)C1(C(=O)Nc2ccc(OCc3ccccc3Cl)cc2)CCCC1. The van der Waals surface area contributed by atoms with Gasteiger partial charge in [-0.05, 0) is 43.2 Å². The van der Waals surface area contributed by atoms with Gasteiger partial charge in [0.25, 0.3) is 0 Å². The molecule has 0 aromatic heterocycles. The topological polar surface area (TPSA) is 72.5 Å². The lowest BCUT2D eigenvalue weighted by molar-refractivity contribution is -0.118. The lowest BCUT2D eigenvalue weighted by atomic mass is 10.1. The molecular weight excluding hydrogens is 386 g/mol. The molecule has 1 amide bonds. The highest BCUT2D eigenvalue weighted by molar-refractivity contribution is 7.92. The molecule has 0 aliphatic heterocycles. The van der Waals surface area contributed by atoms with Crippen LogP contribution in [-0.2, 0) is 21.2 Å². The second kappa shape index (κ2) is 7.90. The van der Waals surface area contributed by atoms with Crippen LogP contribution in [0.2, 0.25) is 5.02 Å². The number of rotatable bonds is 6. The van der Waals surface area contributed by atoms with E-state index in [-0.39, 0.29) is 0 Å². The highest BCUT2D eigenvalue weighted by Crippen LogP contribution is 2.37. The summed E-state index contributed by atoms with van der Waals surface area (Å²) in [5.41, 5.74) is 1.42. The summed E-state index contributed by atoms with van der Waals surface area (Å²) in [6, 6.07) is 14.3. The van der Waals surface area contributed by atoms with Gasteiger partial charge in [-0.15, -0.1) is 0 Å². The molecule has 1 aliphatic carbocycles. The van der Waals surface area contributed by atoms with Crippen molar-refractivity contribution >= 4 is 33.0 Å². The van der Waals surface area contributed by atoms with Crippen molar-refractivity contribution in [1.82, 2.24) is 0 Å². The number of benzene rings is 2. The Bertz CT molecular complexity index is 919. The van der Waals surface area contributed by atoms with E-state index in [0.29, 0.717) is 35.9 Å². The second-order valence-electron chi connectivity index (χ2n) is 6.83. The fourth-order valence-electron chi connectivity index (χ4n) is 3.37. The van der Waals surface area contributed by atoms with Crippen LogP contribution in [0.15, 0.2) is 48.5 Å². The molecule has 1 aliphatic rings. The predicted molar refractivity (Wildman–Crippen MR) is 107 cm³/mol. The molecule has 2 aromatic rings. The van der Waals surface area contributed by atoms with Gasteiger partial charge in [-0.25, -0.2) is 8.42 Å². The summed E-state index contributed by atoms with van der Waals surface area (Å²) in [6.45, 7) is 0.336. The summed E-state index contributed by atoms with van der Waals surface area (Å²) in [5, 5.41) is 3.39. The third-order valence-electron chi connectivity index (χ3n) is 5.00. The average molecular weight is 408 g/mol. The van der Waals surface area contributed by atoms with E-state index in [2.05, 4.69) is 5.32 Å². The average Bonchev–Trinajstić information content (AvgIpc) is 3.13. The van der Waals surface area contributed by atoms with E-state index in [1.807, 2.05) is 18.2 Å². The van der Waals surface area contributed by atoms with Crippen LogP contribution >= 0.6 is 11.6 Å². The van der Waals surface area contributed by atoms with Gasteiger partial charge in [0.15, 0.2) is 14.6 Å². The molecule has 5 nitrogen and oxygen atoms in total. The molecular formula is C20H22ClNO4S. The van der Waals surface area contributed by atoms with Crippen molar-refractivity contribution in [2.24, 2.45) is 0 Å². The van der Waals surface area contributed by atoms with Crippen molar-refractivity contribution in [2.45, 2.75) is 37.0 Å². The maximum atomic E-state index is 12.7. The third-order valence-corrected chi connectivity index (χ3v) is 7.38. The molecule has 27 heavy (non-hydrogen) atoms. The first-order valence-corrected chi connectivity index (χ1v) is 11.1. The first-order chi connectivity index (χ1) is 12.8. The molecule has 1 fully saturated rings. The molecule has 144 valence electrons. The number of hydrogen-bond donors (Lipinski definition) is 1. The monoisotopic (exact) mass is 407 g/mol. The number of hydrogen-bond acceptors (Lipinski definition) is 4. The Kier molecular flexibility index (Phi) is 5.77. The van der Waals surface area contributed by atoms with E-state index in [1.54, 1.807) is 30.3 Å². The number of amides is 1. The van der Waals surface area contributed by atoms with Crippen LogP contribution in [0.25, 0.3) is 0 Å². The molecule has 0 heterocycles. The number of carbonyl (C=O) groups is 1. The maximum absolute atomic E-state index is 12.7. The van der Waals surface area contributed by atoms with Gasteiger partial charge in [-0.1, -0.05) is 42.6 Å². The Labute approximate surface area is 164 Å². The Morgan fingerprint density at radius 1 is 1.11 bits per heavy atom. The zero-order valence-corrected chi connectivity index (χ0v) is 16.6. The molecule has 7 heteroatoms. The van der Waals surface area contributed by atoms with Crippen molar-refractivity contribution in [3.05, 3.63) is 59.1 Å². The number of carbonyl (C=O) groups excluding carboxylic acids is 1. The van der Waals surface area contributed by atoms with Crippen molar-refractivity contribution in [3.63, 3.8) is 0 Å². The van der Waals surface area contributed by atoms with Crippen LogP contribution in [-0.4, -0.2) is 25.3 Å². The van der Waals surface area contributed by atoms with Crippen LogP contribution in [0.4, 0.5) is 5.69 Å². The summed E-state index contributed by atoms with van der Waals surface area (Å²) < 4.78 is 28.8. The minimum absolute atomic E-state index is 0.336. The second-order valence-corrected chi connectivity index (χ2v) is 9.57. The summed E-state index contributed by atoms with van der Waals surface area (Å²) in [5.74, 6) is 0.179. The van der Waals surface area contributed by atoms with Gasteiger partial charge in [0, 0.05) is 22.5 Å². The molecule has 2 aromatic carbocycles. The van der Waals surface area contributed by atoms with Gasteiger partial charge in [-0.3, -0.25) is 4.79 Å². The lowest BCUT2D eigenvalue weighted by Crippen LogP contribution is -2.47. The van der Waals surface area contributed by atoms with E-state index in [1.165, 1.54) is 0 Å². The van der Waals surface area contributed by atoms with Gasteiger partial charge in [-0.2, -0.15) is 0 Å². The van der Waals surface area contributed by atoms with Crippen LogP contribution in [0, 0.1) is 0 Å². The molecule has 0 unspecified atom stereocenters. The third kappa shape index (κ3) is 4.28.